The van der Waals surface area contributed by atoms with Gasteiger partial charge in [-0.1, -0.05) is 20.8 Å². The molecule has 0 aliphatic carbocycles. The van der Waals surface area contributed by atoms with Crippen LogP contribution in [0.5, 0.6) is 0 Å². The van der Waals surface area contributed by atoms with Gasteiger partial charge in [-0.25, -0.2) is 4.39 Å². The van der Waals surface area contributed by atoms with Gasteiger partial charge in [-0.15, -0.1) is 11.8 Å². The smallest absolute Gasteiger partial charge is 0.233 e. The maximum Gasteiger partial charge on any atom is 0.233 e. The van der Waals surface area contributed by atoms with E-state index in [-0.39, 0.29) is 23.0 Å². The number of benzene rings is 1. The summed E-state index contributed by atoms with van der Waals surface area (Å²) in [4.78, 5) is 29.0. The number of hydrogen-bond donors (Lipinski definition) is 0. The number of carbonyl (C=O) groups excluding carboxylic acids is 2. The van der Waals surface area contributed by atoms with E-state index in [0.717, 1.165) is 4.90 Å². The number of hydrogen-bond acceptors (Lipinski definition) is 3. The fourth-order valence-corrected chi connectivity index (χ4v) is 3.20. The third-order valence-corrected chi connectivity index (χ3v) is 4.73. The zero-order chi connectivity index (χ0) is 17.0. The van der Waals surface area contributed by atoms with E-state index in [1.165, 1.54) is 23.9 Å². The summed E-state index contributed by atoms with van der Waals surface area (Å²) in [5.41, 5.74) is -0.384. The zero-order valence-corrected chi connectivity index (χ0v) is 14.7. The summed E-state index contributed by atoms with van der Waals surface area (Å²) in [6.07, 6.45) is 0. The quantitative estimate of drug-likeness (QED) is 0.796. The minimum Gasteiger partial charge on any atom is -0.339 e. The van der Waals surface area contributed by atoms with E-state index in [0.29, 0.717) is 31.9 Å². The molecule has 0 bridgehead atoms. The van der Waals surface area contributed by atoms with Crippen molar-refractivity contribution in [2.24, 2.45) is 5.41 Å². The van der Waals surface area contributed by atoms with Crippen LogP contribution >= 0.6 is 11.8 Å². The average Bonchev–Trinajstić information content (AvgIpc) is 2.52. The lowest BCUT2D eigenvalue weighted by molar-refractivity contribution is -0.144. The van der Waals surface area contributed by atoms with Gasteiger partial charge in [0, 0.05) is 36.5 Å². The van der Waals surface area contributed by atoms with Crippen molar-refractivity contribution in [3.05, 3.63) is 30.1 Å². The monoisotopic (exact) mass is 338 g/mol. The van der Waals surface area contributed by atoms with Crippen LogP contribution in [0.3, 0.4) is 0 Å². The van der Waals surface area contributed by atoms with Gasteiger partial charge >= 0.3 is 0 Å². The van der Waals surface area contributed by atoms with Crippen molar-refractivity contribution in [2.45, 2.75) is 25.7 Å². The van der Waals surface area contributed by atoms with Crippen LogP contribution in [-0.2, 0) is 9.59 Å². The van der Waals surface area contributed by atoms with E-state index in [4.69, 9.17) is 0 Å². The van der Waals surface area contributed by atoms with E-state index in [2.05, 4.69) is 0 Å². The molecule has 6 heteroatoms. The molecule has 0 saturated carbocycles. The Morgan fingerprint density at radius 3 is 2.09 bits per heavy atom. The van der Waals surface area contributed by atoms with Gasteiger partial charge in [0.25, 0.3) is 0 Å². The van der Waals surface area contributed by atoms with Gasteiger partial charge in [-0.3, -0.25) is 9.59 Å². The third kappa shape index (κ3) is 4.96. The van der Waals surface area contributed by atoms with Crippen molar-refractivity contribution >= 4 is 23.6 Å². The first-order chi connectivity index (χ1) is 10.8. The summed E-state index contributed by atoms with van der Waals surface area (Å²) in [6, 6.07) is 6.13. The number of piperazine rings is 1. The summed E-state index contributed by atoms with van der Waals surface area (Å²) < 4.78 is 12.8. The van der Waals surface area contributed by atoms with Crippen LogP contribution in [0.4, 0.5) is 4.39 Å². The number of amides is 2. The predicted octanol–water partition coefficient (Wildman–Crippen LogP) is 2.63. The van der Waals surface area contributed by atoms with Gasteiger partial charge in [0.2, 0.25) is 11.8 Å². The lowest BCUT2D eigenvalue weighted by atomic mass is 9.94. The van der Waals surface area contributed by atoms with E-state index in [9.17, 15) is 14.0 Å². The van der Waals surface area contributed by atoms with Crippen molar-refractivity contribution < 1.29 is 14.0 Å². The summed E-state index contributed by atoms with van der Waals surface area (Å²) >= 11 is 1.40. The minimum atomic E-state index is -0.384. The molecule has 1 aliphatic heterocycles. The Balaban J connectivity index is 1.79. The highest BCUT2D eigenvalue weighted by atomic mass is 32.2. The molecular formula is C17H23FN2O2S. The Morgan fingerprint density at radius 1 is 1.04 bits per heavy atom. The van der Waals surface area contributed by atoms with Crippen molar-refractivity contribution in [3.8, 4) is 0 Å². The van der Waals surface area contributed by atoms with E-state index < -0.39 is 0 Å². The standard InChI is InChI=1S/C17H23FN2O2S/c1-17(2,3)16(22)20-10-8-19(9-11-20)15(21)12-23-14-6-4-13(18)5-7-14/h4-7H,8-12H2,1-3H3. The fraction of sp³-hybridized carbons (Fsp3) is 0.529. The molecule has 1 saturated heterocycles. The fourth-order valence-electron chi connectivity index (χ4n) is 2.40. The summed E-state index contributed by atoms with van der Waals surface area (Å²) in [5.74, 6) is 0.242. The highest BCUT2D eigenvalue weighted by Crippen LogP contribution is 2.21. The van der Waals surface area contributed by atoms with E-state index in [1.54, 1.807) is 17.0 Å². The van der Waals surface area contributed by atoms with Crippen LogP contribution in [0.15, 0.2) is 29.2 Å². The lowest BCUT2D eigenvalue weighted by Crippen LogP contribution is -2.53. The van der Waals surface area contributed by atoms with E-state index >= 15 is 0 Å². The molecule has 1 aromatic rings. The number of thioether (sulfide) groups is 1. The Kier molecular flexibility index (Phi) is 5.68. The van der Waals surface area contributed by atoms with Crippen LogP contribution in [0.1, 0.15) is 20.8 Å². The molecule has 1 fully saturated rings. The molecule has 2 amide bonds. The Bertz CT molecular complexity index is 561. The molecule has 0 spiro atoms. The van der Waals surface area contributed by atoms with Crippen LogP contribution < -0.4 is 0 Å². The summed E-state index contributed by atoms with van der Waals surface area (Å²) in [6.45, 7) is 8.05. The first-order valence-corrected chi connectivity index (χ1v) is 8.71. The zero-order valence-electron chi connectivity index (χ0n) is 13.8. The number of nitrogens with zero attached hydrogens (tertiary/aromatic N) is 2. The van der Waals surface area contributed by atoms with Crippen LogP contribution in [0.2, 0.25) is 0 Å². The highest BCUT2D eigenvalue weighted by molar-refractivity contribution is 8.00. The normalized spacial score (nSPS) is 15.7. The van der Waals surface area contributed by atoms with Gasteiger partial charge in [-0.2, -0.15) is 0 Å². The molecule has 2 rings (SSSR count). The molecule has 1 aromatic carbocycles. The molecule has 23 heavy (non-hydrogen) atoms. The number of rotatable bonds is 3. The Hall–Kier alpha value is -1.56. The van der Waals surface area contributed by atoms with Crippen molar-refractivity contribution in [2.75, 3.05) is 31.9 Å². The Labute approximate surface area is 141 Å². The van der Waals surface area contributed by atoms with Gasteiger partial charge in [0.15, 0.2) is 0 Å². The van der Waals surface area contributed by atoms with E-state index in [1.807, 2.05) is 25.7 Å². The average molecular weight is 338 g/mol. The number of carbonyl (C=O) groups is 2. The van der Waals surface area contributed by atoms with Crippen molar-refractivity contribution in [3.63, 3.8) is 0 Å². The molecular weight excluding hydrogens is 315 g/mol. The summed E-state index contributed by atoms with van der Waals surface area (Å²) in [5, 5.41) is 0. The molecule has 0 unspecified atom stereocenters. The number of halogens is 1. The van der Waals surface area contributed by atoms with Crippen molar-refractivity contribution in [1.29, 1.82) is 0 Å². The van der Waals surface area contributed by atoms with Crippen LogP contribution in [-0.4, -0.2) is 53.5 Å². The molecule has 0 aromatic heterocycles. The summed E-state index contributed by atoms with van der Waals surface area (Å²) in [7, 11) is 0. The molecule has 4 nitrogen and oxygen atoms in total. The lowest BCUT2D eigenvalue weighted by Gasteiger charge is -2.37. The predicted molar refractivity (Wildman–Crippen MR) is 89.7 cm³/mol. The molecule has 1 aliphatic rings. The Morgan fingerprint density at radius 2 is 1.57 bits per heavy atom. The first kappa shape index (κ1) is 17.8. The second-order valence-corrected chi connectivity index (χ2v) is 7.71. The topological polar surface area (TPSA) is 40.6 Å². The molecule has 0 atom stereocenters. The van der Waals surface area contributed by atoms with Gasteiger partial charge < -0.3 is 9.80 Å². The highest BCUT2D eigenvalue weighted by Gasteiger charge is 2.30. The molecule has 0 N–H and O–H groups in total. The van der Waals surface area contributed by atoms with Gasteiger partial charge in [-0.05, 0) is 24.3 Å². The largest absolute Gasteiger partial charge is 0.339 e. The maximum absolute atomic E-state index is 12.8. The second-order valence-electron chi connectivity index (χ2n) is 6.67. The van der Waals surface area contributed by atoms with Gasteiger partial charge in [0.1, 0.15) is 5.82 Å². The van der Waals surface area contributed by atoms with Crippen molar-refractivity contribution in [1.82, 2.24) is 9.80 Å². The molecule has 0 radical (unpaired) electrons. The van der Waals surface area contributed by atoms with Crippen LogP contribution in [0, 0.1) is 11.2 Å². The molecule has 1 heterocycles. The SMILES string of the molecule is CC(C)(C)C(=O)N1CCN(C(=O)CSc2ccc(F)cc2)CC1. The maximum atomic E-state index is 12.8. The minimum absolute atomic E-state index is 0.0576. The van der Waals surface area contributed by atoms with Crippen LogP contribution in [0.25, 0.3) is 0 Å². The first-order valence-electron chi connectivity index (χ1n) is 7.73. The molecule has 126 valence electrons. The second kappa shape index (κ2) is 7.34. The van der Waals surface area contributed by atoms with Gasteiger partial charge in [0.05, 0.1) is 5.75 Å². The third-order valence-electron chi connectivity index (χ3n) is 3.74.